The molecular weight excluding hydrogens is 202 g/mol. The van der Waals surface area contributed by atoms with Crippen LogP contribution in [0.25, 0.3) is 0 Å². The van der Waals surface area contributed by atoms with Gasteiger partial charge in [0.15, 0.2) is 0 Å². The molecule has 1 heterocycles. The highest BCUT2D eigenvalue weighted by atomic mass is 16.5. The van der Waals surface area contributed by atoms with Gasteiger partial charge in [0, 0.05) is 19.9 Å². The smallest absolute Gasteiger partial charge is 0.147 e. The van der Waals surface area contributed by atoms with Crippen LogP contribution >= 0.6 is 0 Å². The van der Waals surface area contributed by atoms with E-state index in [2.05, 4.69) is 15.3 Å². The first-order valence-corrected chi connectivity index (χ1v) is 5.74. The molecule has 1 aromatic heterocycles. The summed E-state index contributed by atoms with van der Waals surface area (Å²) in [5.41, 5.74) is 1.90. The molecule has 1 aliphatic rings. The normalized spacial score (nSPS) is 17.9. The van der Waals surface area contributed by atoms with Crippen molar-refractivity contribution in [3.8, 4) is 0 Å². The molecule has 0 saturated heterocycles. The lowest BCUT2D eigenvalue weighted by molar-refractivity contribution is -0.0601. The van der Waals surface area contributed by atoms with Crippen molar-refractivity contribution in [2.24, 2.45) is 0 Å². The number of methoxy groups -OCH3 is 1. The molecule has 1 aromatic rings. The molecule has 0 atom stereocenters. The number of hydrogen-bond acceptors (Lipinski definition) is 4. The molecule has 1 N–H and O–H groups in total. The van der Waals surface area contributed by atoms with E-state index in [1.165, 1.54) is 6.42 Å². The third-order valence-electron chi connectivity index (χ3n) is 3.35. The Morgan fingerprint density at radius 3 is 2.75 bits per heavy atom. The molecule has 0 spiro atoms. The molecule has 16 heavy (non-hydrogen) atoms. The van der Waals surface area contributed by atoms with Crippen LogP contribution in [0, 0.1) is 13.8 Å². The second-order valence-electron chi connectivity index (χ2n) is 4.54. The molecule has 2 rings (SSSR count). The van der Waals surface area contributed by atoms with E-state index in [9.17, 15) is 0 Å². The Bertz CT molecular complexity index is 369. The van der Waals surface area contributed by atoms with Crippen molar-refractivity contribution in [2.75, 3.05) is 19.0 Å². The van der Waals surface area contributed by atoms with E-state index >= 15 is 0 Å². The predicted octanol–water partition coefficient (Wildman–Crippen LogP) is 2.07. The summed E-state index contributed by atoms with van der Waals surface area (Å²) in [6, 6.07) is 0. The molecule has 1 saturated carbocycles. The molecule has 1 aliphatic carbocycles. The number of aryl methyl sites for hydroxylation is 2. The summed E-state index contributed by atoms with van der Waals surface area (Å²) in [4.78, 5) is 8.72. The summed E-state index contributed by atoms with van der Waals surface area (Å²) in [5.74, 6) is 0.878. The van der Waals surface area contributed by atoms with Crippen molar-refractivity contribution >= 4 is 5.82 Å². The van der Waals surface area contributed by atoms with E-state index in [0.717, 1.165) is 36.6 Å². The summed E-state index contributed by atoms with van der Waals surface area (Å²) < 4.78 is 5.55. The van der Waals surface area contributed by atoms with Gasteiger partial charge in [0.2, 0.25) is 0 Å². The molecule has 1 fully saturated rings. The largest absolute Gasteiger partial charge is 0.376 e. The van der Waals surface area contributed by atoms with Crippen LogP contribution in [0.1, 0.15) is 30.7 Å². The van der Waals surface area contributed by atoms with Gasteiger partial charge in [0.1, 0.15) is 5.82 Å². The summed E-state index contributed by atoms with van der Waals surface area (Å²) in [5, 5.41) is 3.35. The van der Waals surface area contributed by atoms with Crippen LogP contribution in [-0.4, -0.2) is 29.2 Å². The molecule has 0 radical (unpaired) electrons. The molecule has 4 heteroatoms. The minimum atomic E-state index is 0.0257. The molecular formula is C12H19N3O. The first-order valence-electron chi connectivity index (χ1n) is 5.74. The maximum absolute atomic E-state index is 5.55. The van der Waals surface area contributed by atoms with Crippen LogP contribution in [-0.2, 0) is 4.74 Å². The van der Waals surface area contributed by atoms with E-state index < -0.39 is 0 Å². The summed E-state index contributed by atoms with van der Waals surface area (Å²) in [6.45, 7) is 4.74. The van der Waals surface area contributed by atoms with Gasteiger partial charge in [-0.1, -0.05) is 0 Å². The lowest BCUT2D eigenvalue weighted by Gasteiger charge is -2.40. The Labute approximate surface area is 96.4 Å². The highest BCUT2D eigenvalue weighted by Gasteiger charge is 2.36. The van der Waals surface area contributed by atoms with Crippen molar-refractivity contribution in [3.63, 3.8) is 0 Å². The Morgan fingerprint density at radius 1 is 1.44 bits per heavy atom. The number of ether oxygens (including phenoxy) is 1. The van der Waals surface area contributed by atoms with Gasteiger partial charge in [-0.15, -0.1) is 0 Å². The fourth-order valence-electron chi connectivity index (χ4n) is 1.97. The predicted molar refractivity (Wildman–Crippen MR) is 63.6 cm³/mol. The van der Waals surface area contributed by atoms with Gasteiger partial charge < -0.3 is 10.1 Å². The molecule has 0 bridgehead atoms. The van der Waals surface area contributed by atoms with Gasteiger partial charge in [-0.25, -0.2) is 4.98 Å². The summed E-state index contributed by atoms with van der Waals surface area (Å²) in [6.07, 6.45) is 5.31. The first-order chi connectivity index (χ1) is 7.65. The number of anilines is 1. The fourth-order valence-corrected chi connectivity index (χ4v) is 1.97. The van der Waals surface area contributed by atoms with Crippen LogP contribution in [0.2, 0.25) is 0 Å². The van der Waals surface area contributed by atoms with E-state index in [0.29, 0.717) is 0 Å². The van der Waals surface area contributed by atoms with Gasteiger partial charge >= 0.3 is 0 Å². The number of nitrogens with zero attached hydrogens (tertiary/aromatic N) is 2. The molecule has 0 aromatic carbocycles. The zero-order valence-electron chi connectivity index (χ0n) is 10.2. The van der Waals surface area contributed by atoms with Crippen LogP contribution in [0.3, 0.4) is 0 Å². The van der Waals surface area contributed by atoms with Gasteiger partial charge in [-0.3, -0.25) is 4.98 Å². The van der Waals surface area contributed by atoms with Gasteiger partial charge in [-0.2, -0.15) is 0 Å². The monoisotopic (exact) mass is 221 g/mol. The maximum Gasteiger partial charge on any atom is 0.147 e. The Balaban J connectivity index is 2.01. The SMILES string of the molecule is COC1(CNc2nc(C)cnc2C)CCC1. The average molecular weight is 221 g/mol. The number of nitrogens with one attached hydrogen (secondary N) is 1. The van der Waals surface area contributed by atoms with Crippen molar-refractivity contribution in [1.29, 1.82) is 0 Å². The standard InChI is InChI=1S/C12H19N3O/c1-9-7-13-10(2)11(15-9)14-8-12(16-3)5-4-6-12/h7H,4-6,8H2,1-3H3,(H,14,15). The zero-order valence-corrected chi connectivity index (χ0v) is 10.2. The van der Waals surface area contributed by atoms with Crippen molar-refractivity contribution in [3.05, 3.63) is 17.6 Å². The second kappa shape index (κ2) is 4.37. The zero-order chi connectivity index (χ0) is 11.6. The summed E-state index contributed by atoms with van der Waals surface area (Å²) in [7, 11) is 1.79. The van der Waals surface area contributed by atoms with Crippen LogP contribution < -0.4 is 5.32 Å². The first kappa shape index (κ1) is 11.3. The lowest BCUT2D eigenvalue weighted by Crippen LogP contribution is -2.45. The van der Waals surface area contributed by atoms with Crippen LogP contribution in [0.15, 0.2) is 6.20 Å². The van der Waals surface area contributed by atoms with E-state index in [1.54, 1.807) is 13.3 Å². The molecule has 0 unspecified atom stereocenters. The topological polar surface area (TPSA) is 47.0 Å². The minimum absolute atomic E-state index is 0.0257. The van der Waals surface area contributed by atoms with Crippen LogP contribution in [0.5, 0.6) is 0 Å². The lowest BCUT2D eigenvalue weighted by atomic mass is 9.80. The minimum Gasteiger partial charge on any atom is -0.376 e. The summed E-state index contributed by atoms with van der Waals surface area (Å²) >= 11 is 0. The van der Waals surface area contributed by atoms with Gasteiger partial charge in [0.05, 0.1) is 17.0 Å². The quantitative estimate of drug-likeness (QED) is 0.845. The van der Waals surface area contributed by atoms with Crippen molar-refractivity contribution in [2.45, 2.75) is 38.7 Å². The maximum atomic E-state index is 5.55. The van der Waals surface area contributed by atoms with E-state index in [1.807, 2.05) is 13.8 Å². The highest BCUT2D eigenvalue weighted by molar-refractivity contribution is 5.40. The van der Waals surface area contributed by atoms with E-state index in [-0.39, 0.29) is 5.60 Å². The number of hydrogen-bond donors (Lipinski definition) is 1. The Morgan fingerprint density at radius 2 is 2.19 bits per heavy atom. The van der Waals surface area contributed by atoms with Gasteiger partial charge in [0.25, 0.3) is 0 Å². The second-order valence-corrected chi connectivity index (χ2v) is 4.54. The molecule has 88 valence electrons. The molecule has 4 nitrogen and oxygen atoms in total. The fraction of sp³-hybridized carbons (Fsp3) is 0.667. The highest BCUT2D eigenvalue weighted by Crippen LogP contribution is 2.35. The average Bonchev–Trinajstić information content (AvgIpc) is 2.22. The number of aromatic nitrogens is 2. The number of rotatable bonds is 4. The Kier molecular flexibility index (Phi) is 3.10. The third kappa shape index (κ3) is 2.16. The van der Waals surface area contributed by atoms with E-state index in [4.69, 9.17) is 4.74 Å². The molecule has 0 aliphatic heterocycles. The van der Waals surface area contributed by atoms with Crippen molar-refractivity contribution in [1.82, 2.24) is 9.97 Å². The van der Waals surface area contributed by atoms with Crippen molar-refractivity contribution < 1.29 is 4.74 Å². The molecule has 0 amide bonds. The Hall–Kier alpha value is -1.16. The third-order valence-corrected chi connectivity index (χ3v) is 3.35. The van der Waals surface area contributed by atoms with Gasteiger partial charge in [-0.05, 0) is 33.1 Å². The van der Waals surface area contributed by atoms with Crippen LogP contribution in [0.4, 0.5) is 5.82 Å².